The minimum Gasteiger partial charge on any atom is -0.384 e. The Balaban J connectivity index is 2.10. The molecule has 0 aliphatic carbocycles. The smallest absolute Gasteiger partial charge is 0.274 e. The number of carbonyl (C=O) groups is 1. The first-order valence-electron chi connectivity index (χ1n) is 6.20. The maximum atomic E-state index is 12.0. The zero-order valence-electron chi connectivity index (χ0n) is 11.1. The Morgan fingerprint density at radius 3 is 2.42 bits per heavy atom. The van der Waals surface area contributed by atoms with Crippen LogP contribution in [0.15, 0.2) is 42.5 Å². The monoisotopic (exact) mass is 255 g/mol. The highest BCUT2D eigenvalue weighted by molar-refractivity contribution is 6.03. The van der Waals surface area contributed by atoms with Gasteiger partial charge in [0.2, 0.25) is 0 Å². The molecule has 0 bridgehead atoms. The number of anilines is 2. The Hall–Kier alpha value is -2.36. The number of pyridine rings is 1. The minimum atomic E-state index is -0.260. The molecule has 1 heterocycles. The molecule has 1 aromatic heterocycles. The number of carbonyl (C=O) groups excluding carboxylic acids is 1. The van der Waals surface area contributed by atoms with Crippen molar-refractivity contribution in [2.75, 3.05) is 11.1 Å². The van der Waals surface area contributed by atoms with E-state index in [1.807, 2.05) is 24.3 Å². The molecule has 19 heavy (non-hydrogen) atoms. The van der Waals surface area contributed by atoms with E-state index in [2.05, 4.69) is 24.1 Å². The van der Waals surface area contributed by atoms with E-state index >= 15 is 0 Å². The second-order valence-electron chi connectivity index (χ2n) is 4.68. The second kappa shape index (κ2) is 5.52. The maximum absolute atomic E-state index is 12.0. The van der Waals surface area contributed by atoms with Crippen molar-refractivity contribution in [2.45, 2.75) is 19.8 Å². The zero-order valence-corrected chi connectivity index (χ0v) is 11.1. The Morgan fingerprint density at radius 1 is 1.16 bits per heavy atom. The highest BCUT2D eigenvalue weighted by atomic mass is 16.1. The number of nitrogen functional groups attached to an aromatic ring is 1. The average Bonchev–Trinajstić information content (AvgIpc) is 2.39. The molecule has 1 aromatic carbocycles. The van der Waals surface area contributed by atoms with Crippen LogP contribution < -0.4 is 11.1 Å². The van der Waals surface area contributed by atoms with Gasteiger partial charge in [-0.2, -0.15) is 0 Å². The van der Waals surface area contributed by atoms with Gasteiger partial charge in [0.15, 0.2) is 0 Å². The molecule has 0 aliphatic rings. The van der Waals surface area contributed by atoms with Crippen molar-refractivity contribution >= 4 is 17.4 Å². The number of aromatic nitrogens is 1. The van der Waals surface area contributed by atoms with E-state index in [4.69, 9.17) is 5.73 Å². The summed E-state index contributed by atoms with van der Waals surface area (Å²) in [6.07, 6.45) is 0. The summed E-state index contributed by atoms with van der Waals surface area (Å²) in [6, 6.07) is 12.8. The summed E-state index contributed by atoms with van der Waals surface area (Å²) in [7, 11) is 0. The Morgan fingerprint density at radius 2 is 1.84 bits per heavy atom. The summed E-state index contributed by atoms with van der Waals surface area (Å²) in [4.78, 5) is 15.9. The third kappa shape index (κ3) is 3.31. The van der Waals surface area contributed by atoms with Gasteiger partial charge in [0.05, 0.1) is 0 Å². The summed E-state index contributed by atoms with van der Waals surface area (Å²) >= 11 is 0. The van der Waals surface area contributed by atoms with E-state index in [0.29, 0.717) is 17.4 Å². The lowest BCUT2D eigenvalue weighted by Gasteiger charge is -2.08. The van der Waals surface area contributed by atoms with Crippen LogP contribution in [0.25, 0.3) is 0 Å². The lowest BCUT2D eigenvalue weighted by Crippen LogP contribution is -2.14. The van der Waals surface area contributed by atoms with E-state index in [1.165, 1.54) is 5.56 Å². The van der Waals surface area contributed by atoms with Crippen LogP contribution in [-0.4, -0.2) is 10.9 Å². The van der Waals surface area contributed by atoms with Crippen LogP contribution in [-0.2, 0) is 0 Å². The van der Waals surface area contributed by atoms with Gasteiger partial charge in [-0.05, 0) is 35.7 Å². The summed E-state index contributed by atoms with van der Waals surface area (Å²) in [5.41, 5.74) is 7.85. The van der Waals surface area contributed by atoms with Crippen LogP contribution in [0.3, 0.4) is 0 Å². The molecule has 0 saturated carbocycles. The lowest BCUT2D eigenvalue weighted by atomic mass is 10.0. The topological polar surface area (TPSA) is 68.0 Å². The number of nitrogens with one attached hydrogen (secondary N) is 1. The van der Waals surface area contributed by atoms with Gasteiger partial charge in [-0.15, -0.1) is 0 Å². The first kappa shape index (κ1) is 13.1. The molecule has 4 heteroatoms. The normalized spacial score (nSPS) is 10.5. The quantitative estimate of drug-likeness (QED) is 0.885. The number of nitrogens with zero attached hydrogens (tertiary/aromatic N) is 1. The molecule has 0 saturated heterocycles. The van der Waals surface area contributed by atoms with Gasteiger partial charge in [-0.1, -0.05) is 32.0 Å². The van der Waals surface area contributed by atoms with Crippen LogP contribution >= 0.6 is 0 Å². The minimum absolute atomic E-state index is 0.260. The number of rotatable bonds is 3. The number of hydrogen-bond acceptors (Lipinski definition) is 3. The summed E-state index contributed by atoms with van der Waals surface area (Å²) in [5.74, 6) is 0.549. The Bertz CT molecular complexity index is 576. The summed E-state index contributed by atoms with van der Waals surface area (Å²) < 4.78 is 0. The number of nitrogens with two attached hydrogens (primary N) is 1. The van der Waals surface area contributed by atoms with E-state index < -0.39 is 0 Å². The molecule has 0 atom stereocenters. The average molecular weight is 255 g/mol. The van der Waals surface area contributed by atoms with Crippen LogP contribution in [0.4, 0.5) is 11.5 Å². The SMILES string of the molecule is CC(C)c1ccc(NC(=O)c2cccc(N)n2)cc1. The second-order valence-corrected chi connectivity index (χ2v) is 4.68. The molecule has 2 aromatic rings. The summed E-state index contributed by atoms with van der Waals surface area (Å²) in [5, 5.41) is 2.79. The molecule has 0 radical (unpaired) electrons. The highest BCUT2D eigenvalue weighted by Gasteiger charge is 2.08. The van der Waals surface area contributed by atoms with E-state index in [-0.39, 0.29) is 5.91 Å². The highest BCUT2D eigenvalue weighted by Crippen LogP contribution is 2.17. The Kier molecular flexibility index (Phi) is 3.80. The molecule has 0 spiro atoms. The van der Waals surface area contributed by atoms with Crippen molar-refractivity contribution in [3.05, 3.63) is 53.7 Å². The van der Waals surface area contributed by atoms with E-state index in [1.54, 1.807) is 18.2 Å². The molecule has 98 valence electrons. The van der Waals surface area contributed by atoms with Gasteiger partial charge in [0.1, 0.15) is 11.5 Å². The maximum Gasteiger partial charge on any atom is 0.274 e. The fourth-order valence-corrected chi connectivity index (χ4v) is 1.72. The van der Waals surface area contributed by atoms with Crippen LogP contribution in [0.2, 0.25) is 0 Å². The van der Waals surface area contributed by atoms with Crippen molar-refractivity contribution in [2.24, 2.45) is 0 Å². The van der Waals surface area contributed by atoms with E-state index in [9.17, 15) is 4.79 Å². The number of hydrogen-bond donors (Lipinski definition) is 2. The molecule has 2 rings (SSSR count). The van der Waals surface area contributed by atoms with Gasteiger partial charge in [0, 0.05) is 5.69 Å². The van der Waals surface area contributed by atoms with Gasteiger partial charge in [-0.25, -0.2) is 4.98 Å². The largest absolute Gasteiger partial charge is 0.384 e. The van der Waals surface area contributed by atoms with Crippen LogP contribution in [0.5, 0.6) is 0 Å². The molecule has 0 unspecified atom stereocenters. The third-order valence-electron chi connectivity index (χ3n) is 2.84. The molecule has 4 nitrogen and oxygen atoms in total. The predicted octanol–water partition coefficient (Wildman–Crippen LogP) is 3.04. The summed E-state index contributed by atoms with van der Waals surface area (Å²) in [6.45, 7) is 4.26. The van der Waals surface area contributed by atoms with Gasteiger partial charge < -0.3 is 11.1 Å². The molecule has 0 fully saturated rings. The molecular formula is C15H17N3O. The van der Waals surface area contributed by atoms with Gasteiger partial charge >= 0.3 is 0 Å². The van der Waals surface area contributed by atoms with Gasteiger partial charge in [-0.3, -0.25) is 4.79 Å². The molecular weight excluding hydrogens is 238 g/mol. The number of amides is 1. The van der Waals surface area contributed by atoms with E-state index in [0.717, 1.165) is 5.69 Å². The lowest BCUT2D eigenvalue weighted by molar-refractivity contribution is 0.102. The Labute approximate surface area is 112 Å². The van der Waals surface area contributed by atoms with Gasteiger partial charge in [0.25, 0.3) is 5.91 Å². The van der Waals surface area contributed by atoms with Crippen molar-refractivity contribution < 1.29 is 4.79 Å². The van der Waals surface area contributed by atoms with Crippen LogP contribution in [0, 0.1) is 0 Å². The predicted molar refractivity (Wildman–Crippen MR) is 77.1 cm³/mol. The van der Waals surface area contributed by atoms with Crippen molar-refractivity contribution in [3.63, 3.8) is 0 Å². The molecule has 0 aliphatic heterocycles. The fourth-order valence-electron chi connectivity index (χ4n) is 1.72. The zero-order chi connectivity index (χ0) is 13.8. The first-order valence-corrected chi connectivity index (χ1v) is 6.20. The number of benzene rings is 1. The van der Waals surface area contributed by atoms with Crippen molar-refractivity contribution in [3.8, 4) is 0 Å². The van der Waals surface area contributed by atoms with Crippen LogP contribution in [0.1, 0.15) is 35.8 Å². The van der Waals surface area contributed by atoms with Crippen molar-refractivity contribution in [1.29, 1.82) is 0 Å². The first-order chi connectivity index (χ1) is 9.06. The molecule has 1 amide bonds. The third-order valence-corrected chi connectivity index (χ3v) is 2.84. The standard InChI is InChI=1S/C15H17N3O/c1-10(2)11-6-8-12(9-7-11)17-15(19)13-4-3-5-14(16)18-13/h3-10H,1-2H3,(H2,16,18)(H,17,19). The van der Waals surface area contributed by atoms with Crippen molar-refractivity contribution in [1.82, 2.24) is 4.98 Å². The fraction of sp³-hybridized carbons (Fsp3) is 0.200. The molecule has 3 N–H and O–H groups in total.